The average molecular weight is 392 g/mol. The quantitative estimate of drug-likeness (QED) is 0.536. The molecule has 0 bridgehead atoms. The van der Waals surface area contributed by atoms with Gasteiger partial charge in [-0.2, -0.15) is 0 Å². The van der Waals surface area contributed by atoms with Crippen LogP contribution < -0.4 is 21.2 Å². The van der Waals surface area contributed by atoms with Crippen molar-refractivity contribution < 1.29 is 21.2 Å². The van der Waals surface area contributed by atoms with Gasteiger partial charge in [0.1, 0.15) is 0 Å². The number of hydrogen-bond donors (Lipinski definition) is 0. The average Bonchev–Trinajstić information content (AvgIpc) is 2.38. The summed E-state index contributed by atoms with van der Waals surface area (Å²) >= 11 is -0.126. The third-order valence-corrected chi connectivity index (χ3v) is 6.16. The maximum absolute atomic E-state index is 3.49. The van der Waals surface area contributed by atoms with Crippen LogP contribution in [0.5, 0.6) is 0 Å². The fourth-order valence-corrected chi connectivity index (χ4v) is 4.12. The first kappa shape index (κ1) is 16.5. The van der Waals surface area contributed by atoms with Crippen LogP contribution in [0.1, 0.15) is 47.1 Å². The minimum absolute atomic E-state index is 0.126. The van der Waals surface area contributed by atoms with Gasteiger partial charge >= 0.3 is 140 Å². The molecule has 1 heteroatoms. The van der Waals surface area contributed by atoms with Gasteiger partial charge in [-0.15, -0.1) is 0 Å². The van der Waals surface area contributed by atoms with E-state index in [4.69, 9.17) is 0 Å². The molecule has 21 heavy (non-hydrogen) atoms. The molecule has 1 aliphatic carbocycles. The van der Waals surface area contributed by atoms with Gasteiger partial charge in [-0.1, -0.05) is 0 Å². The Bertz CT molecular complexity index is 584. The van der Waals surface area contributed by atoms with E-state index in [1.807, 2.05) is 0 Å². The molecule has 1 aliphatic rings. The van der Waals surface area contributed by atoms with Crippen LogP contribution >= 0.6 is 0 Å². The third kappa shape index (κ3) is 4.52. The van der Waals surface area contributed by atoms with Crippen molar-refractivity contribution in [2.24, 2.45) is 5.41 Å². The zero-order valence-corrected chi connectivity index (χ0v) is 16.1. The van der Waals surface area contributed by atoms with Crippen molar-refractivity contribution in [1.29, 1.82) is 0 Å². The van der Waals surface area contributed by atoms with Crippen LogP contribution in [0.3, 0.4) is 0 Å². The number of allylic oxidation sites excluding steroid dienone is 6. The van der Waals surface area contributed by atoms with Gasteiger partial charge in [0.25, 0.3) is 0 Å². The van der Waals surface area contributed by atoms with Crippen LogP contribution in [0.25, 0.3) is 0 Å². The molecule has 0 N–H and O–H groups in total. The van der Waals surface area contributed by atoms with Crippen molar-refractivity contribution >= 4 is 0 Å². The summed E-state index contributed by atoms with van der Waals surface area (Å²) in [5.74, 6) is 0. The number of halogens is 1. The van der Waals surface area contributed by atoms with E-state index in [0.29, 0.717) is 0 Å². The van der Waals surface area contributed by atoms with E-state index in [2.05, 4.69) is 90.1 Å². The van der Waals surface area contributed by atoms with Crippen LogP contribution in [0.2, 0.25) is 0 Å². The summed E-state index contributed by atoms with van der Waals surface area (Å²) in [6.07, 6.45) is 10.2. The molecule has 1 aromatic carbocycles. The molecule has 0 saturated carbocycles. The topological polar surface area (TPSA) is 0 Å². The summed E-state index contributed by atoms with van der Waals surface area (Å²) in [7, 11) is 0. The molecule has 0 aliphatic heterocycles. The summed E-state index contributed by atoms with van der Waals surface area (Å²) in [6, 6.07) is 9.13. The van der Waals surface area contributed by atoms with Crippen molar-refractivity contribution in [2.45, 2.75) is 47.0 Å². The molecule has 0 atom stereocenters. The third-order valence-electron chi connectivity index (χ3n) is 3.56. The number of rotatable bonds is 2. The molecule has 0 radical (unpaired) electrons. The van der Waals surface area contributed by atoms with Gasteiger partial charge < -0.3 is 0 Å². The number of benzene rings is 1. The molecule has 2 rings (SSSR count). The second kappa shape index (κ2) is 6.06. The van der Waals surface area contributed by atoms with E-state index in [0.717, 1.165) is 0 Å². The van der Waals surface area contributed by atoms with Gasteiger partial charge in [-0.05, 0) is 0 Å². The molecule has 0 nitrogen and oxygen atoms in total. The van der Waals surface area contributed by atoms with E-state index < -0.39 is 0 Å². The second-order valence-corrected chi connectivity index (χ2v) is 10.5. The van der Waals surface area contributed by atoms with Crippen molar-refractivity contribution in [1.82, 2.24) is 0 Å². The molecule has 0 aromatic heterocycles. The minimum atomic E-state index is -0.126. The van der Waals surface area contributed by atoms with Crippen molar-refractivity contribution in [2.75, 3.05) is 0 Å². The van der Waals surface area contributed by atoms with Crippen molar-refractivity contribution in [3.63, 3.8) is 0 Å². The summed E-state index contributed by atoms with van der Waals surface area (Å²) < 4.78 is 2.83. The Kier molecular flexibility index (Phi) is 4.75. The normalized spacial score (nSPS) is 15.5. The fraction of sp³-hybridized carbons (Fsp3) is 0.400. The first-order valence-electron chi connectivity index (χ1n) is 7.44. The number of hydrogen-bond acceptors (Lipinski definition) is 0. The van der Waals surface area contributed by atoms with Crippen LogP contribution in [-0.2, 0) is 5.41 Å². The molecule has 0 unspecified atom stereocenters. The molecular weight excluding hydrogens is 367 g/mol. The Morgan fingerprint density at radius 2 is 1.43 bits per heavy atom. The zero-order valence-electron chi connectivity index (χ0n) is 13.9. The summed E-state index contributed by atoms with van der Waals surface area (Å²) in [4.78, 5) is 0. The Labute approximate surface area is 140 Å². The van der Waals surface area contributed by atoms with Gasteiger partial charge in [0.15, 0.2) is 0 Å². The van der Waals surface area contributed by atoms with Gasteiger partial charge in [0.05, 0.1) is 0 Å². The summed E-state index contributed by atoms with van der Waals surface area (Å²) in [5.41, 5.74) is 3.21. The molecule has 112 valence electrons. The van der Waals surface area contributed by atoms with Crippen LogP contribution in [-0.4, -0.2) is 0 Å². The summed E-state index contributed by atoms with van der Waals surface area (Å²) in [5, 5.41) is 0. The zero-order chi connectivity index (χ0) is 15.7. The standard InChI is InChI=1S/C20H25I/c1-19(2,3)15-7-11-17(12-8-15)21-18-13-9-16(10-14-18)20(4,5)6/h7-13H,1-6H3. The van der Waals surface area contributed by atoms with E-state index in [-0.39, 0.29) is 32.0 Å². The second-order valence-electron chi connectivity index (χ2n) is 7.53. The Morgan fingerprint density at radius 3 is 1.86 bits per heavy atom. The molecule has 0 amide bonds. The van der Waals surface area contributed by atoms with Crippen molar-refractivity contribution in [3.8, 4) is 0 Å². The first-order chi connectivity index (χ1) is 9.66. The van der Waals surface area contributed by atoms with Crippen LogP contribution in [0.15, 0.2) is 51.6 Å². The van der Waals surface area contributed by atoms with Crippen molar-refractivity contribution in [3.05, 3.63) is 66.9 Å². The van der Waals surface area contributed by atoms with E-state index >= 15 is 0 Å². The van der Waals surface area contributed by atoms with Gasteiger partial charge in [-0.3, -0.25) is 0 Å². The molecule has 0 heterocycles. The fourth-order valence-electron chi connectivity index (χ4n) is 2.06. The Hall–Kier alpha value is -0.920. The van der Waals surface area contributed by atoms with E-state index in [1.54, 1.807) is 0 Å². The van der Waals surface area contributed by atoms with Crippen LogP contribution in [0, 0.1) is 15.1 Å². The monoisotopic (exact) mass is 392 g/mol. The predicted octanol–water partition coefficient (Wildman–Crippen LogP) is 2.47. The van der Waals surface area contributed by atoms with Gasteiger partial charge in [0.2, 0.25) is 0 Å². The first-order valence-corrected chi connectivity index (χ1v) is 9.59. The molecule has 1 aromatic rings. The van der Waals surface area contributed by atoms with Crippen LogP contribution in [0.4, 0.5) is 0 Å². The maximum atomic E-state index is 3.49. The molecule has 0 saturated heterocycles. The Morgan fingerprint density at radius 1 is 0.810 bits per heavy atom. The molecular formula is C20H25I. The van der Waals surface area contributed by atoms with Gasteiger partial charge in [-0.25, -0.2) is 0 Å². The van der Waals surface area contributed by atoms with E-state index in [9.17, 15) is 0 Å². The Balaban J connectivity index is 2.09. The van der Waals surface area contributed by atoms with E-state index in [1.165, 1.54) is 18.3 Å². The predicted molar refractivity (Wildman–Crippen MR) is 87.3 cm³/mol. The van der Waals surface area contributed by atoms with Gasteiger partial charge in [0, 0.05) is 0 Å². The summed E-state index contributed by atoms with van der Waals surface area (Å²) in [6.45, 7) is 13.5. The molecule has 0 spiro atoms. The molecule has 0 fully saturated rings. The SMILES string of the molecule is CC(C)(C)C1=C[C+]=C([I-]c2ccc(C(C)(C)C)cc2)C=C1.